The number of aromatic nitrogens is 2. The van der Waals surface area contributed by atoms with Crippen LogP contribution in [-0.4, -0.2) is 44.7 Å². The number of aromatic amines is 1. The Balaban J connectivity index is -0.00000289. The van der Waals surface area contributed by atoms with Crippen LogP contribution in [-0.2, 0) is 38.0 Å². The molecule has 2 rings (SSSR count). The molecule has 5 N–H and O–H groups in total. The Morgan fingerprint density at radius 2 is 1.59 bits per heavy atom. The van der Waals surface area contributed by atoms with E-state index in [1.807, 2.05) is 4.98 Å². The van der Waals surface area contributed by atoms with Crippen LogP contribution in [0, 0.1) is 0 Å². The molecule has 188 valence electrons. The van der Waals surface area contributed by atoms with Crippen molar-refractivity contribution in [1.29, 1.82) is 0 Å². The summed E-state index contributed by atoms with van der Waals surface area (Å²) < 4.78 is 49.5. The minimum absolute atomic E-state index is 0. The molecule has 0 aliphatic carbocycles. The molecule has 0 spiro atoms. The van der Waals surface area contributed by atoms with E-state index in [1.54, 1.807) is 0 Å². The first-order valence-electron chi connectivity index (χ1n) is 8.49. The third kappa shape index (κ3) is 13.0. The molecule has 1 aromatic heterocycles. The molecule has 2 heterocycles. The fourth-order valence-corrected chi connectivity index (χ4v) is 5.47. The van der Waals surface area contributed by atoms with Gasteiger partial charge < -0.3 is 49.3 Å². The number of ether oxygens (including phenoxy) is 1. The molecular formula is C12H16Li4N3O15P3. The maximum atomic E-state index is 12.1. The number of hydrogen-bond donors (Lipinski definition) is 4. The van der Waals surface area contributed by atoms with E-state index in [4.69, 9.17) is 10.5 Å². The summed E-state index contributed by atoms with van der Waals surface area (Å²) in [5.74, 6) is 0. The second-order valence-corrected chi connectivity index (χ2v) is 10.5. The number of allylic oxidation sites excluding steroid dienone is 1. The molecule has 1 aliphatic heterocycles. The Bertz CT molecular complexity index is 1160. The number of nitrogens with zero attached hydrogens (tertiary/aromatic N) is 1. The third-order valence-corrected chi connectivity index (χ3v) is 7.59. The van der Waals surface area contributed by atoms with Gasteiger partial charge in [0, 0.05) is 11.8 Å². The number of rotatable bonds is 10. The van der Waals surface area contributed by atoms with Gasteiger partial charge >= 0.3 is 81.1 Å². The van der Waals surface area contributed by atoms with Gasteiger partial charge in [0.1, 0.15) is 18.3 Å². The van der Waals surface area contributed by atoms with Crippen LogP contribution < -0.4 is 112 Å². The van der Waals surface area contributed by atoms with E-state index in [9.17, 15) is 53.1 Å². The van der Waals surface area contributed by atoms with Crippen LogP contribution in [0.1, 0.15) is 11.8 Å². The summed E-state index contributed by atoms with van der Waals surface area (Å²) in [6.45, 7) is -1.19. The number of phosphoric ester groups is 1. The molecule has 0 bridgehead atoms. The quantitative estimate of drug-likeness (QED) is 0.152. The van der Waals surface area contributed by atoms with E-state index in [-0.39, 0.29) is 87.4 Å². The topological polar surface area (TPSA) is 302 Å². The maximum absolute atomic E-state index is 12.1. The normalized spacial score (nSPS) is 24.5. The van der Waals surface area contributed by atoms with E-state index in [1.165, 1.54) is 6.08 Å². The average molecular weight is 563 g/mol. The molecule has 0 aromatic carbocycles. The van der Waals surface area contributed by atoms with Gasteiger partial charge in [-0.15, -0.1) is 0 Å². The minimum Gasteiger partial charge on any atom is -0.790 e. The van der Waals surface area contributed by atoms with Crippen molar-refractivity contribution in [3.05, 3.63) is 44.9 Å². The Labute approximate surface area is 256 Å². The monoisotopic (exact) mass is 563 g/mol. The molecule has 0 saturated carbocycles. The summed E-state index contributed by atoms with van der Waals surface area (Å²) in [5.41, 5.74) is 3.38. The van der Waals surface area contributed by atoms with Gasteiger partial charge in [0.2, 0.25) is 0 Å². The standard InChI is InChI=1S/C12H20N3O15P3.4Li/c13-3-1-2-6-4-15(12(19)14-10(6)18)11-9(17)8(16)7(28-11)5-27-32(23,24)30-33(25,26)29-31(20,21)22;;;;/h1,3-4,7-9,11,16-17H,2,5,13H2,(H,23,24)(H,25,26)(H,14,18,19)(H2,20,21,22);;;;/q;4*+1/p-4/t7-,8-,9-,11-;;;;/m1..../s1. The number of phosphoric acid groups is 3. The van der Waals surface area contributed by atoms with Gasteiger partial charge in [0.15, 0.2) is 6.23 Å². The molecule has 1 saturated heterocycles. The van der Waals surface area contributed by atoms with E-state index in [2.05, 4.69) is 13.1 Å². The van der Waals surface area contributed by atoms with Crippen molar-refractivity contribution < 1.29 is 137 Å². The third-order valence-electron chi connectivity index (χ3n) is 3.92. The smallest absolute Gasteiger partial charge is 0.790 e. The van der Waals surface area contributed by atoms with Crippen molar-refractivity contribution in [3.8, 4) is 0 Å². The summed E-state index contributed by atoms with van der Waals surface area (Å²) in [6.07, 6.45) is -3.59. The van der Waals surface area contributed by atoms with Crippen molar-refractivity contribution in [3.63, 3.8) is 0 Å². The van der Waals surface area contributed by atoms with E-state index in [0.717, 1.165) is 12.4 Å². The second kappa shape index (κ2) is 17.0. The Morgan fingerprint density at radius 1 is 1.03 bits per heavy atom. The van der Waals surface area contributed by atoms with Crippen LogP contribution >= 0.6 is 23.5 Å². The number of nitrogens with two attached hydrogens (primary N) is 1. The number of aliphatic hydroxyl groups is 2. The first-order chi connectivity index (χ1) is 15.1. The molecule has 1 fully saturated rings. The SMILES string of the molecule is NC=CCc1cn([C@@H]2O[C@H](COP(=O)([O-])OP(=O)([O-])OP(=O)([O-])[O-])[C@@H](O)[C@H]2O)c(=O)[nH]c1=O.[Li+].[Li+].[Li+].[Li+]. The second-order valence-electron chi connectivity index (χ2n) is 6.30. The van der Waals surface area contributed by atoms with Gasteiger partial charge in [0.05, 0.1) is 14.4 Å². The summed E-state index contributed by atoms with van der Waals surface area (Å²) >= 11 is 0. The van der Waals surface area contributed by atoms with Gasteiger partial charge in [-0.2, -0.15) is 0 Å². The molecule has 0 radical (unpaired) electrons. The van der Waals surface area contributed by atoms with Gasteiger partial charge in [-0.1, -0.05) is 6.08 Å². The predicted octanol–water partition coefficient (Wildman–Crippen LogP) is -17.0. The summed E-state index contributed by atoms with van der Waals surface area (Å²) in [7, 11) is -18.3. The fourth-order valence-electron chi connectivity index (χ4n) is 2.60. The molecule has 6 atom stereocenters. The van der Waals surface area contributed by atoms with Crippen LogP contribution in [0.25, 0.3) is 0 Å². The molecule has 1 aliphatic rings. The number of aliphatic hydroxyl groups excluding tert-OH is 2. The average Bonchev–Trinajstić information content (AvgIpc) is 2.91. The molecule has 25 heteroatoms. The number of nitrogens with one attached hydrogen (secondary N) is 1. The molecular weight excluding hydrogens is 547 g/mol. The van der Waals surface area contributed by atoms with Gasteiger partial charge in [-0.3, -0.25) is 27.8 Å². The van der Waals surface area contributed by atoms with E-state index in [0.29, 0.717) is 4.57 Å². The van der Waals surface area contributed by atoms with E-state index >= 15 is 0 Å². The summed E-state index contributed by atoms with van der Waals surface area (Å²) in [6, 6.07) is 0. The Morgan fingerprint density at radius 3 is 2.11 bits per heavy atom. The molecule has 37 heavy (non-hydrogen) atoms. The van der Waals surface area contributed by atoms with Crippen LogP contribution in [0.3, 0.4) is 0 Å². The minimum atomic E-state index is -6.20. The summed E-state index contributed by atoms with van der Waals surface area (Å²) in [4.78, 5) is 69.2. The number of hydrogen-bond acceptors (Lipinski definition) is 16. The van der Waals surface area contributed by atoms with Gasteiger partial charge in [-0.05, 0) is 12.6 Å². The van der Waals surface area contributed by atoms with Crippen molar-refractivity contribution in [1.82, 2.24) is 9.55 Å². The zero-order chi connectivity index (χ0) is 25.2. The zero-order valence-corrected chi connectivity index (χ0v) is 22.7. The maximum Gasteiger partial charge on any atom is 1.00 e. The zero-order valence-electron chi connectivity index (χ0n) is 20.0. The van der Waals surface area contributed by atoms with Crippen molar-refractivity contribution in [2.24, 2.45) is 5.73 Å². The molecule has 1 aromatic rings. The van der Waals surface area contributed by atoms with Crippen molar-refractivity contribution in [2.45, 2.75) is 31.0 Å². The van der Waals surface area contributed by atoms with Crippen LogP contribution in [0.15, 0.2) is 28.1 Å². The van der Waals surface area contributed by atoms with Crippen LogP contribution in [0.4, 0.5) is 0 Å². The molecule has 0 amide bonds. The number of H-pyrrole nitrogens is 1. The van der Waals surface area contributed by atoms with Crippen LogP contribution in [0.2, 0.25) is 0 Å². The summed E-state index contributed by atoms with van der Waals surface area (Å²) in [5, 5.41) is 20.2. The predicted molar refractivity (Wildman–Crippen MR) is 95.2 cm³/mol. The van der Waals surface area contributed by atoms with Crippen molar-refractivity contribution >= 4 is 23.5 Å². The fraction of sp³-hybridized carbons (Fsp3) is 0.500. The molecule has 2 unspecified atom stereocenters. The Hall–Kier alpha value is 0.900. The van der Waals surface area contributed by atoms with Crippen LogP contribution in [0.5, 0.6) is 0 Å². The molecule has 18 nitrogen and oxygen atoms in total. The first kappa shape index (κ1) is 42.4. The van der Waals surface area contributed by atoms with Gasteiger partial charge in [0.25, 0.3) is 21.2 Å². The first-order valence-corrected chi connectivity index (χ1v) is 12.9. The van der Waals surface area contributed by atoms with Crippen molar-refractivity contribution in [2.75, 3.05) is 6.61 Å². The largest absolute Gasteiger partial charge is 1.00 e. The Kier molecular flexibility index (Phi) is 19.5. The van der Waals surface area contributed by atoms with E-state index < -0.39 is 65.9 Å². The van der Waals surface area contributed by atoms with Gasteiger partial charge in [-0.25, -0.2) is 9.11 Å².